The van der Waals surface area contributed by atoms with Gasteiger partial charge < -0.3 is 10.4 Å². The van der Waals surface area contributed by atoms with Crippen LogP contribution in [0.5, 0.6) is 0 Å². The Morgan fingerprint density at radius 3 is 2.79 bits per heavy atom. The van der Waals surface area contributed by atoms with E-state index in [1.54, 1.807) is 18.7 Å². The lowest BCUT2D eigenvalue weighted by molar-refractivity contribution is 0.0697. The van der Waals surface area contributed by atoms with E-state index in [4.69, 9.17) is 0 Å². The molecule has 0 aliphatic heterocycles. The standard InChI is InChI=1S/C14H17N3O2/c1-9-5-4-6-11(7-9)8-15-13-12(14(18)19)10(2)16-17(13)3/h4-7,15H,8H2,1-3H3,(H,18,19). The van der Waals surface area contributed by atoms with E-state index in [1.165, 1.54) is 5.56 Å². The number of carboxylic acid groups (broad SMARTS) is 1. The van der Waals surface area contributed by atoms with Crippen LogP contribution >= 0.6 is 0 Å². The molecule has 0 unspecified atom stereocenters. The molecule has 1 aromatic heterocycles. The Bertz CT molecular complexity index is 617. The number of nitrogens with zero attached hydrogens (tertiary/aromatic N) is 2. The molecule has 0 aliphatic carbocycles. The largest absolute Gasteiger partial charge is 0.477 e. The molecule has 2 N–H and O–H groups in total. The van der Waals surface area contributed by atoms with Gasteiger partial charge in [0.15, 0.2) is 0 Å². The van der Waals surface area contributed by atoms with E-state index in [1.807, 2.05) is 25.1 Å². The van der Waals surface area contributed by atoms with Crippen molar-refractivity contribution in [2.24, 2.45) is 7.05 Å². The van der Waals surface area contributed by atoms with E-state index < -0.39 is 5.97 Å². The number of carboxylic acids is 1. The molecule has 5 nitrogen and oxygen atoms in total. The molecule has 0 bridgehead atoms. The van der Waals surface area contributed by atoms with Crippen molar-refractivity contribution < 1.29 is 9.90 Å². The van der Waals surface area contributed by atoms with Crippen LogP contribution in [0.25, 0.3) is 0 Å². The number of nitrogens with one attached hydrogen (secondary N) is 1. The second-order valence-corrected chi connectivity index (χ2v) is 4.58. The quantitative estimate of drug-likeness (QED) is 0.884. The second kappa shape index (κ2) is 5.14. The van der Waals surface area contributed by atoms with Crippen LogP contribution in [0.1, 0.15) is 27.2 Å². The van der Waals surface area contributed by atoms with Crippen molar-refractivity contribution in [3.05, 3.63) is 46.6 Å². The van der Waals surface area contributed by atoms with Gasteiger partial charge in [-0.3, -0.25) is 4.68 Å². The maximum Gasteiger partial charge on any atom is 0.341 e. The number of aryl methyl sites for hydroxylation is 3. The van der Waals surface area contributed by atoms with Gasteiger partial charge >= 0.3 is 5.97 Å². The molecule has 2 rings (SSSR count). The van der Waals surface area contributed by atoms with Gasteiger partial charge in [0.05, 0.1) is 5.69 Å². The van der Waals surface area contributed by atoms with Gasteiger partial charge in [0.2, 0.25) is 0 Å². The van der Waals surface area contributed by atoms with E-state index in [2.05, 4.69) is 16.5 Å². The van der Waals surface area contributed by atoms with Crippen molar-refractivity contribution in [1.82, 2.24) is 9.78 Å². The molecule has 2 aromatic rings. The van der Waals surface area contributed by atoms with Gasteiger partial charge in [-0.2, -0.15) is 5.10 Å². The zero-order valence-corrected chi connectivity index (χ0v) is 11.3. The van der Waals surface area contributed by atoms with E-state index in [0.29, 0.717) is 18.1 Å². The molecule has 0 fully saturated rings. The highest BCUT2D eigenvalue weighted by Gasteiger charge is 2.19. The van der Waals surface area contributed by atoms with E-state index in [-0.39, 0.29) is 5.56 Å². The number of hydrogen-bond acceptors (Lipinski definition) is 3. The van der Waals surface area contributed by atoms with Crippen LogP contribution in [0.2, 0.25) is 0 Å². The van der Waals surface area contributed by atoms with Crippen molar-refractivity contribution in [1.29, 1.82) is 0 Å². The highest BCUT2D eigenvalue weighted by Crippen LogP contribution is 2.19. The SMILES string of the molecule is Cc1cccc(CNc2c(C(=O)O)c(C)nn2C)c1. The van der Waals surface area contributed by atoms with Gasteiger partial charge in [-0.05, 0) is 19.4 Å². The Balaban J connectivity index is 2.22. The van der Waals surface area contributed by atoms with Gasteiger partial charge in [0.25, 0.3) is 0 Å². The van der Waals surface area contributed by atoms with Crippen molar-refractivity contribution in [2.75, 3.05) is 5.32 Å². The third kappa shape index (κ3) is 2.76. The zero-order valence-electron chi connectivity index (χ0n) is 11.3. The summed E-state index contributed by atoms with van der Waals surface area (Å²) in [6, 6.07) is 8.08. The molecule has 1 aromatic carbocycles. The predicted molar refractivity (Wildman–Crippen MR) is 73.4 cm³/mol. The lowest BCUT2D eigenvalue weighted by Crippen LogP contribution is -2.09. The topological polar surface area (TPSA) is 67.2 Å². The monoisotopic (exact) mass is 259 g/mol. The molecule has 0 atom stereocenters. The molecule has 0 amide bonds. The fourth-order valence-electron chi connectivity index (χ4n) is 2.12. The normalized spacial score (nSPS) is 10.5. The smallest absolute Gasteiger partial charge is 0.341 e. The summed E-state index contributed by atoms with van der Waals surface area (Å²) in [5, 5.41) is 16.5. The number of aromatic nitrogens is 2. The summed E-state index contributed by atoms with van der Waals surface area (Å²) >= 11 is 0. The van der Waals surface area contributed by atoms with Crippen molar-refractivity contribution in [2.45, 2.75) is 20.4 Å². The Kier molecular flexibility index (Phi) is 3.55. The lowest BCUT2D eigenvalue weighted by Gasteiger charge is -2.08. The summed E-state index contributed by atoms with van der Waals surface area (Å²) in [6.45, 7) is 4.29. The average molecular weight is 259 g/mol. The highest BCUT2D eigenvalue weighted by atomic mass is 16.4. The molecule has 0 saturated heterocycles. The Morgan fingerprint density at radius 1 is 1.42 bits per heavy atom. The van der Waals surface area contributed by atoms with Crippen LogP contribution in [-0.4, -0.2) is 20.9 Å². The Labute approximate surface area is 111 Å². The molecule has 0 saturated carbocycles. The van der Waals surface area contributed by atoms with E-state index >= 15 is 0 Å². The summed E-state index contributed by atoms with van der Waals surface area (Å²) < 4.78 is 1.56. The molecular weight excluding hydrogens is 242 g/mol. The number of aromatic carboxylic acids is 1. The highest BCUT2D eigenvalue weighted by molar-refractivity contribution is 5.94. The van der Waals surface area contributed by atoms with Crippen molar-refractivity contribution in [3.8, 4) is 0 Å². The summed E-state index contributed by atoms with van der Waals surface area (Å²) in [7, 11) is 1.73. The molecule has 0 spiro atoms. The summed E-state index contributed by atoms with van der Waals surface area (Å²) in [5.74, 6) is -0.427. The molecular formula is C14H17N3O2. The predicted octanol–water partition coefficient (Wildman–Crippen LogP) is 2.35. The Hall–Kier alpha value is -2.30. The minimum atomic E-state index is -0.961. The van der Waals surface area contributed by atoms with E-state index in [0.717, 1.165) is 5.56 Å². The number of benzene rings is 1. The van der Waals surface area contributed by atoms with Crippen molar-refractivity contribution >= 4 is 11.8 Å². The van der Waals surface area contributed by atoms with Crippen LogP contribution in [0.3, 0.4) is 0 Å². The molecule has 19 heavy (non-hydrogen) atoms. The van der Waals surface area contributed by atoms with Crippen molar-refractivity contribution in [3.63, 3.8) is 0 Å². The van der Waals surface area contributed by atoms with Crippen LogP contribution in [0, 0.1) is 13.8 Å². The number of anilines is 1. The molecule has 1 heterocycles. The van der Waals surface area contributed by atoms with Gasteiger partial charge in [-0.15, -0.1) is 0 Å². The lowest BCUT2D eigenvalue weighted by atomic mass is 10.1. The van der Waals surface area contributed by atoms with Crippen LogP contribution in [0.15, 0.2) is 24.3 Å². The maximum atomic E-state index is 11.2. The van der Waals surface area contributed by atoms with Gasteiger partial charge in [-0.25, -0.2) is 4.79 Å². The summed E-state index contributed by atoms with van der Waals surface area (Å²) in [4.78, 5) is 11.2. The maximum absolute atomic E-state index is 11.2. The third-order valence-corrected chi connectivity index (χ3v) is 2.98. The van der Waals surface area contributed by atoms with Crippen LogP contribution < -0.4 is 5.32 Å². The minimum Gasteiger partial charge on any atom is -0.477 e. The van der Waals surface area contributed by atoms with E-state index in [9.17, 15) is 9.90 Å². The first kappa shape index (κ1) is 13.1. The fraction of sp³-hybridized carbons (Fsp3) is 0.286. The number of hydrogen-bond donors (Lipinski definition) is 2. The molecule has 5 heteroatoms. The number of carbonyl (C=O) groups is 1. The fourth-order valence-corrected chi connectivity index (χ4v) is 2.12. The summed E-state index contributed by atoms with van der Waals surface area (Å²) in [5.41, 5.74) is 3.03. The first-order valence-corrected chi connectivity index (χ1v) is 6.05. The zero-order chi connectivity index (χ0) is 14.0. The number of rotatable bonds is 4. The van der Waals surface area contributed by atoms with Gasteiger partial charge in [0, 0.05) is 13.6 Å². The van der Waals surface area contributed by atoms with Gasteiger partial charge in [-0.1, -0.05) is 29.8 Å². The average Bonchev–Trinajstić information content (AvgIpc) is 2.61. The minimum absolute atomic E-state index is 0.232. The Morgan fingerprint density at radius 2 is 2.16 bits per heavy atom. The molecule has 0 aliphatic rings. The summed E-state index contributed by atoms with van der Waals surface area (Å²) in [6.07, 6.45) is 0. The first-order valence-electron chi connectivity index (χ1n) is 6.05. The van der Waals surface area contributed by atoms with Crippen LogP contribution in [0.4, 0.5) is 5.82 Å². The van der Waals surface area contributed by atoms with Crippen LogP contribution in [-0.2, 0) is 13.6 Å². The van der Waals surface area contributed by atoms with Gasteiger partial charge in [0.1, 0.15) is 11.4 Å². The first-order chi connectivity index (χ1) is 8.99. The third-order valence-electron chi connectivity index (χ3n) is 2.98. The molecule has 100 valence electrons. The molecule has 0 radical (unpaired) electrons. The second-order valence-electron chi connectivity index (χ2n) is 4.58.